The topological polar surface area (TPSA) is 74.9 Å². The molecule has 7 nitrogen and oxygen atoms in total. The lowest BCUT2D eigenvalue weighted by atomic mass is 9.88. The van der Waals surface area contributed by atoms with Crippen molar-refractivity contribution in [3.8, 4) is 17.2 Å². The van der Waals surface area contributed by atoms with Gasteiger partial charge in [-0.05, 0) is 51.0 Å². The van der Waals surface area contributed by atoms with Crippen molar-refractivity contribution in [2.45, 2.75) is 58.0 Å². The molecule has 0 spiro atoms. The average molecular weight is 450 g/mol. The fraction of sp³-hybridized carbons (Fsp3) is 0.423. The summed E-state index contributed by atoms with van der Waals surface area (Å²) < 4.78 is 18.4. The van der Waals surface area contributed by atoms with E-state index in [1.165, 1.54) is 11.1 Å². The van der Waals surface area contributed by atoms with Crippen molar-refractivity contribution in [2.75, 3.05) is 14.2 Å². The van der Waals surface area contributed by atoms with Crippen molar-refractivity contribution >= 4 is 17.1 Å². The molecule has 2 aromatic carbocycles. The molecule has 1 heterocycles. The molecule has 0 unspecified atom stereocenters. The van der Waals surface area contributed by atoms with Gasteiger partial charge in [-0.2, -0.15) is 9.78 Å². The minimum Gasteiger partial charge on any atom is -0.493 e. The van der Waals surface area contributed by atoms with Gasteiger partial charge in [-0.15, -0.1) is 0 Å². The van der Waals surface area contributed by atoms with E-state index in [4.69, 9.17) is 19.2 Å². The highest BCUT2D eigenvalue weighted by Gasteiger charge is 2.22. The summed E-state index contributed by atoms with van der Waals surface area (Å²) in [7, 11) is 3.17. The number of hydrogen-bond acceptors (Lipinski definition) is 6. The van der Waals surface area contributed by atoms with Crippen LogP contribution in [-0.2, 0) is 0 Å². The normalized spacial score (nSPS) is 14.8. The van der Waals surface area contributed by atoms with E-state index >= 15 is 0 Å². The first-order valence-corrected chi connectivity index (χ1v) is 11.5. The Balaban J connectivity index is 1.80. The molecule has 1 aromatic heterocycles. The van der Waals surface area contributed by atoms with Crippen LogP contribution >= 0.6 is 0 Å². The minimum atomic E-state index is -0.156. The predicted molar refractivity (Wildman–Crippen MR) is 130 cm³/mol. The SMILES string of the molecule is COc1cc(C=Nn2c(C3CCCCC3)nc3ccccc3c2=O)cc(OC)c1OC(C)C. The number of ether oxygens (including phenoxy) is 3. The van der Waals surface area contributed by atoms with Crippen LogP contribution < -0.4 is 19.8 Å². The van der Waals surface area contributed by atoms with Gasteiger partial charge in [-0.25, -0.2) is 4.98 Å². The van der Waals surface area contributed by atoms with E-state index in [-0.39, 0.29) is 17.6 Å². The van der Waals surface area contributed by atoms with Crippen molar-refractivity contribution in [2.24, 2.45) is 5.10 Å². The van der Waals surface area contributed by atoms with Crippen molar-refractivity contribution in [3.63, 3.8) is 0 Å². The van der Waals surface area contributed by atoms with Gasteiger partial charge in [0.15, 0.2) is 11.5 Å². The van der Waals surface area contributed by atoms with E-state index in [0.717, 1.165) is 37.1 Å². The molecule has 0 aliphatic heterocycles. The van der Waals surface area contributed by atoms with Crippen molar-refractivity contribution in [1.82, 2.24) is 9.66 Å². The van der Waals surface area contributed by atoms with Gasteiger partial charge in [0.25, 0.3) is 5.56 Å². The molecule has 0 atom stereocenters. The Labute approximate surface area is 194 Å². The Kier molecular flexibility index (Phi) is 6.96. The molecule has 1 fully saturated rings. The Morgan fingerprint density at radius 1 is 1.06 bits per heavy atom. The van der Waals surface area contributed by atoms with E-state index in [0.29, 0.717) is 28.2 Å². The molecular formula is C26H31N3O4. The van der Waals surface area contributed by atoms with Gasteiger partial charge in [0.2, 0.25) is 5.75 Å². The molecule has 1 saturated carbocycles. The second kappa shape index (κ2) is 10.1. The third kappa shape index (κ3) is 4.87. The lowest BCUT2D eigenvalue weighted by molar-refractivity contribution is 0.218. The molecule has 0 saturated heterocycles. The molecule has 7 heteroatoms. The first kappa shape index (κ1) is 22.8. The van der Waals surface area contributed by atoms with Crippen LogP contribution in [0.3, 0.4) is 0 Å². The number of rotatable bonds is 7. The summed E-state index contributed by atoms with van der Waals surface area (Å²) in [6.45, 7) is 3.89. The van der Waals surface area contributed by atoms with E-state index in [1.54, 1.807) is 26.5 Å². The van der Waals surface area contributed by atoms with E-state index < -0.39 is 0 Å². The largest absolute Gasteiger partial charge is 0.493 e. The Bertz CT molecular complexity index is 1180. The van der Waals surface area contributed by atoms with Gasteiger partial charge in [0.05, 0.1) is 37.4 Å². The number of hydrogen-bond donors (Lipinski definition) is 0. The first-order chi connectivity index (χ1) is 16.0. The number of nitrogens with zero attached hydrogens (tertiary/aromatic N) is 3. The maximum absolute atomic E-state index is 13.4. The second-order valence-electron chi connectivity index (χ2n) is 8.60. The van der Waals surface area contributed by atoms with E-state index in [2.05, 4.69) is 5.10 Å². The zero-order valence-corrected chi connectivity index (χ0v) is 19.7. The van der Waals surface area contributed by atoms with Gasteiger partial charge in [-0.3, -0.25) is 4.79 Å². The Morgan fingerprint density at radius 2 is 1.73 bits per heavy atom. The van der Waals surface area contributed by atoms with Crippen molar-refractivity contribution < 1.29 is 14.2 Å². The lowest BCUT2D eigenvalue weighted by Crippen LogP contribution is -2.25. The molecule has 0 bridgehead atoms. The standard InChI is InChI=1S/C26H31N3O4/c1-17(2)33-24-22(31-3)14-18(15-23(24)32-4)16-27-29-25(19-10-6-5-7-11-19)28-21-13-9-8-12-20(21)26(29)30/h8-9,12-17,19H,5-7,10-11H2,1-4H3. The van der Waals surface area contributed by atoms with Crippen LogP contribution in [0, 0.1) is 0 Å². The minimum absolute atomic E-state index is 0.0346. The van der Waals surface area contributed by atoms with Crippen LogP contribution in [0.1, 0.15) is 63.3 Å². The molecule has 3 aromatic rings. The van der Waals surface area contributed by atoms with Crippen LogP contribution in [0.5, 0.6) is 17.2 Å². The summed E-state index contributed by atoms with van der Waals surface area (Å²) in [5, 5.41) is 5.17. The van der Waals surface area contributed by atoms with Gasteiger partial charge in [0.1, 0.15) is 5.82 Å². The Morgan fingerprint density at radius 3 is 2.36 bits per heavy atom. The third-order valence-electron chi connectivity index (χ3n) is 5.91. The fourth-order valence-corrected chi connectivity index (χ4v) is 4.33. The molecule has 1 aliphatic carbocycles. The molecule has 4 rings (SSSR count). The highest BCUT2D eigenvalue weighted by Crippen LogP contribution is 2.39. The van der Waals surface area contributed by atoms with Gasteiger partial charge in [-0.1, -0.05) is 31.4 Å². The lowest BCUT2D eigenvalue weighted by Gasteiger charge is -2.22. The monoisotopic (exact) mass is 449 g/mol. The first-order valence-electron chi connectivity index (χ1n) is 11.5. The number of benzene rings is 2. The summed E-state index contributed by atoms with van der Waals surface area (Å²) in [4.78, 5) is 18.2. The molecule has 0 radical (unpaired) electrons. The number of methoxy groups -OCH3 is 2. The van der Waals surface area contributed by atoms with Crippen LogP contribution in [0.15, 0.2) is 46.3 Å². The number of aromatic nitrogens is 2. The molecule has 0 amide bonds. The zero-order valence-electron chi connectivity index (χ0n) is 19.7. The molecular weight excluding hydrogens is 418 g/mol. The summed E-state index contributed by atoms with van der Waals surface area (Å²) >= 11 is 0. The number of fused-ring (bicyclic) bond motifs is 1. The smallest absolute Gasteiger partial charge is 0.282 e. The molecule has 0 N–H and O–H groups in total. The summed E-state index contributed by atoms with van der Waals surface area (Å²) in [6.07, 6.45) is 7.15. The molecule has 33 heavy (non-hydrogen) atoms. The van der Waals surface area contributed by atoms with E-state index in [9.17, 15) is 4.79 Å². The maximum atomic E-state index is 13.4. The highest BCUT2D eigenvalue weighted by atomic mass is 16.5. The summed E-state index contributed by atoms with van der Waals surface area (Å²) in [6, 6.07) is 11.1. The maximum Gasteiger partial charge on any atom is 0.282 e. The van der Waals surface area contributed by atoms with Crippen LogP contribution in [0.25, 0.3) is 10.9 Å². The average Bonchev–Trinajstić information content (AvgIpc) is 2.84. The van der Waals surface area contributed by atoms with Crippen LogP contribution in [0.4, 0.5) is 0 Å². The van der Waals surface area contributed by atoms with Crippen molar-refractivity contribution in [1.29, 1.82) is 0 Å². The highest BCUT2D eigenvalue weighted by molar-refractivity contribution is 5.83. The fourth-order valence-electron chi connectivity index (χ4n) is 4.33. The predicted octanol–water partition coefficient (Wildman–Crippen LogP) is 5.13. The van der Waals surface area contributed by atoms with E-state index in [1.807, 2.05) is 44.2 Å². The Hall–Kier alpha value is -3.35. The van der Waals surface area contributed by atoms with Gasteiger partial charge in [0, 0.05) is 11.5 Å². The second-order valence-corrected chi connectivity index (χ2v) is 8.60. The van der Waals surface area contributed by atoms with Crippen LogP contribution in [-0.4, -0.2) is 36.2 Å². The zero-order chi connectivity index (χ0) is 23.4. The van der Waals surface area contributed by atoms with Crippen LogP contribution in [0.2, 0.25) is 0 Å². The third-order valence-corrected chi connectivity index (χ3v) is 5.91. The summed E-state index contributed by atoms with van der Waals surface area (Å²) in [5.74, 6) is 2.58. The van der Waals surface area contributed by atoms with Crippen molar-refractivity contribution in [3.05, 3.63) is 58.1 Å². The number of para-hydroxylation sites is 1. The van der Waals surface area contributed by atoms with Gasteiger partial charge >= 0.3 is 0 Å². The quantitative estimate of drug-likeness (QED) is 0.468. The van der Waals surface area contributed by atoms with Gasteiger partial charge < -0.3 is 14.2 Å². The molecule has 1 aliphatic rings. The summed E-state index contributed by atoms with van der Waals surface area (Å²) in [5.41, 5.74) is 1.29. The molecule has 174 valence electrons.